The van der Waals surface area contributed by atoms with Crippen LogP contribution in [0.4, 0.5) is 0 Å². The van der Waals surface area contributed by atoms with Crippen molar-refractivity contribution in [1.82, 2.24) is 21.2 Å². The Morgan fingerprint density at radius 1 is 0.957 bits per heavy atom. The fraction of sp³-hybridized carbons (Fsp3) is 0.125. The van der Waals surface area contributed by atoms with Gasteiger partial charge in [0.25, 0.3) is 5.91 Å². The Morgan fingerprint density at radius 3 is 2.48 bits per heavy atom. The largest absolute Gasteiger partial charge is 0.304 e. The van der Waals surface area contributed by atoms with Crippen LogP contribution in [0.25, 0.3) is 0 Å². The first-order valence-corrected chi connectivity index (χ1v) is 7.24. The Kier molecular flexibility index (Phi) is 3.04. The number of carbonyl (C=O) groups is 1. The van der Waals surface area contributed by atoms with E-state index in [1.165, 1.54) is 0 Å². The number of aromatic nitrogens is 1. The molecule has 1 spiro atoms. The highest BCUT2D eigenvalue weighted by molar-refractivity contribution is 6.13. The van der Waals surface area contributed by atoms with E-state index in [0.717, 1.165) is 11.3 Å². The number of nitrogens with one attached hydrogen (secondary N) is 3. The zero-order valence-electron chi connectivity index (χ0n) is 12.2. The lowest BCUT2D eigenvalue weighted by Gasteiger charge is -2.31. The molecule has 0 fully saturated rings. The third-order valence-corrected chi connectivity index (χ3v) is 3.81. The second-order valence-electron chi connectivity index (χ2n) is 5.36. The van der Waals surface area contributed by atoms with Gasteiger partial charge in [0, 0.05) is 12.6 Å². The summed E-state index contributed by atoms with van der Waals surface area (Å²) in [7, 11) is 0. The molecule has 3 heterocycles. The summed E-state index contributed by atoms with van der Waals surface area (Å²) in [6, 6.07) is 15.2. The van der Waals surface area contributed by atoms with Crippen LogP contribution in [0, 0.1) is 0 Å². The molecular formula is C16H14N6O. The molecule has 1 aromatic carbocycles. The molecule has 4 rings (SSSR count). The molecule has 114 valence electrons. The first kappa shape index (κ1) is 13.4. The van der Waals surface area contributed by atoms with Crippen molar-refractivity contribution >= 4 is 17.5 Å². The third-order valence-electron chi connectivity index (χ3n) is 3.81. The molecule has 7 heteroatoms. The molecule has 1 atom stereocenters. The van der Waals surface area contributed by atoms with E-state index in [9.17, 15) is 4.79 Å². The lowest BCUT2D eigenvalue weighted by Crippen LogP contribution is -2.65. The summed E-state index contributed by atoms with van der Waals surface area (Å²) in [6.07, 6.45) is 2.06. The van der Waals surface area contributed by atoms with E-state index in [1.807, 2.05) is 42.5 Å². The topological polar surface area (TPSA) is 90.8 Å². The summed E-state index contributed by atoms with van der Waals surface area (Å²) < 4.78 is 0. The van der Waals surface area contributed by atoms with Crippen molar-refractivity contribution in [2.75, 3.05) is 0 Å². The highest BCUT2D eigenvalue weighted by Crippen LogP contribution is 2.21. The summed E-state index contributed by atoms with van der Waals surface area (Å²) in [6.45, 7) is 0. The molecule has 0 saturated heterocycles. The average Bonchev–Trinajstić information content (AvgIpc) is 3.04. The minimum atomic E-state index is -1.05. The standard InChI is InChI=1S/C16H14N6O/c23-15-16(10-13(19-21-16)11-6-2-1-3-7-11)22-20-14(18-15)12-8-4-5-9-17-12/h1-9,21-22H,10H2,(H,18,20,23)/t16-/m1/s1. The average molecular weight is 306 g/mol. The number of benzene rings is 1. The Hall–Kier alpha value is -3.22. The lowest BCUT2D eigenvalue weighted by molar-refractivity contribution is -0.127. The van der Waals surface area contributed by atoms with Gasteiger partial charge < -0.3 is 5.32 Å². The number of hydrogen-bond acceptors (Lipinski definition) is 6. The molecule has 0 bridgehead atoms. The normalized spacial score (nSPS) is 22.7. The predicted molar refractivity (Wildman–Crippen MR) is 85.5 cm³/mol. The highest BCUT2D eigenvalue weighted by Gasteiger charge is 2.46. The first-order valence-electron chi connectivity index (χ1n) is 7.24. The Morgan fingerprint density at radius 2 is 1.74 bits per heavy atom. The van der Waals surface area contributed by atoms with Gasteiger partial charge >= 0.3 is 0 Å². The molecule has 7 nitrogen and oxygen atoms in total. The molecular weight excluding hydrogens is 292 g/mol. The molecule has 0 saturated carbocycles. The quantitative estimate of drug-likeness (QED) is 0.756. The van der Waals surface area contributed by atoms with Crippen LogP contribution in [-0.4, -0.2) is 28.1 Å². The van der Waals surface area contributed by atoms with Gasteiger partial charge in [-0.3, -0.25) is 20.6 Å². The van der Waals surface area contributed by atoms with Crippen molar-refractivity contribution in [2.24, 2.45) is 10.2 Å². The molecule has 0 radical (unpaired) electrons. The van der Waals surface area contributed by atoms with Gasteiger partial charge in [0.15, 0.2) is 5.84 Å². The zero-order valence-corrected chi connectivity index (χ0v) is 12.2. The van der Waals surface area contributed by atoms with Crippen LogP contribution in [0.1, 0.15) is 17.7 Å². The fourth-order valence-electron chi connectivity index (χ4n) is 2.55. The van der Waals surface area contributed by atoms with Gasteiger partial charge in [-0.1, -0.05) is 36.4 Å². The van der Waals surface area contributed by atoms with Crippen LogP contribution < -0.4 is 16.2 Å². The Labute approximate surface area is 132 Å². The summed E-state index contributed by atoms with van der Waals surface area (Å²) in [4.78, 5) is 16.7. The van der Waals surface area contributed by atoms with Crippen LogP contribution in [0.2, 0.25) is 0 Å². The van der Waals surface area contributed by atoms with Crippen LogP contribution in [0.3, 0.4) is 0 Å². The number of rotatable bonds is 2. The van der Waals surface area contributed by atoms with Crippen molar-refractivity contribution in [2.45, 2.75) is 12.1 Å². The highest BCUT2D eigenvalue weighted by atomic mass is 16.2. The summed E-state index contributed by atoms with van der Waals surface area (Å²) in [5.74, 6) is 0.166. The second-order valence-corrected chi connectivity index (χ2v) is 5.36. The first-order chi connectivity index (χ1) is 11.3. The number of carbonyl (C=O) groups excluding carboxylic acids is 1. The van der Waals surface area contributed by atoms with Crippen LogP contribution >= 0.6 is 0 Å². The van der Waals surface area contributed by atoms with E-state index in [-0.39, 0.29) is 5.91 Å². The van der Waals surface area contributed by atoms with E-state index in [0.29, 0.717) is 18.0 Å². The number of pyridine rings is 1. The smallest absolute Gasteiger partial charge is 0.275 e. The number of hydrogen-bond donors (Lipinski definition) is 3. The molecule has 2 aromatic rings. The molecule has 0 aliphatic carbocycles. The number of nitrogens with zero attached hydrogens (tertiary/aromatic N) is 3. The molecule has 1 aromatic heterocycles. The van der Waals surface area contributed by atoms with Gasteiger partial charge in [-0.15, -0.1) is 0 Å². The third kappa shape index (κ3) is 2.32. The van der Waals surface area contributed by atoms with Crippen LogP contribution in [0.5, 0.6) is 0 Å². The molecule has 1 amide bonds. The summed E-state index contributed by atoms with van der Waals surface area (Å²) in [5.41, 5.74) is 7.12. The van der Waals surface area contributed by atoms with Crippen molar-refractivity contribution in [3.63, 3.8) is 0 Å². The number of hydrazone groups is 2. The zero-order chi connectivity index (χ0) is 15.7. The lowest BCUT2D eigenvalue weighted by atomic mass is 9.99. The monoisotopic (exact) mass is 306 g/mol. The molecule has 2 aliphatic rings. The number of amidine groups is 1. The number of amides is 1. The van der Waals surface area contributed by atoms with Crippen molar-refractivity contribution in [1.29, 1.82) is 0 Å². The maximum Gasteiger partial charge on any atom is 0.275 e. The maximum absolute atomic E-state index is 12.6. The predicted octanol–water partition coefficient (Wildman–Crippen LogP) is 0.556. The van der Waals surface area contributed by atoms with E-state index >= 15 is 0 Å². The van der Waals surface area contributed by atoms with Gasteiger partial charge in [-0.2, -0.15) is 10.2 Å². The molecule has 0 unspecified atom stereocenters. The summed E-state index contributed by atoms with van der Waals surface area (Å²) >= 11 is 0. The van der Waals surface area contributed by atoms with E-state index in [4.69, 9.17) is 0 Å². The van der Waals surface area contributed by atoms with Crippen LogP contribution in [0.15, 0.2) is 64.9 Å². The maximum atomic E-state index is 12.6. The van der Waals surface area contributed by atoms with Crippen molar-refractivity contribution < 1.29 is 4.79 Å². The van der Waals surface area contributed by atoms with Crippen molar-refractivity contribution in [3.8, 4) is 0 Å². The molecule has 3 N–H and O–H groups in total. The molecule has 2 aliphatic heterocycles. The van der Waals surface area contributed by atoms with E-state index in [1.54, 1.807) is 12.3 Å². The van der Waals surface area contributed by atoms with E-state index in [2.05, 4.69) is 31.4 Å². The van der Waals surface area contributed by atoms with Crippen molar-refractivity contribution in [3.05, 3.63) is 66.0 Å². The van der Waals surface area contributed by atoms with Gasteiger partial charge in [-0.25, -0.2) is 0 Å². The minimum absolute atomic E-state index is 0.233. The van der Waals surface area contributed by atoms with Crippen LogP contribution in [-0.2, 0) is 4.79 Å². The van der Waals surface area contributed by atoms with Gasteiger partial charge in [0.2, 0.25) is 5.66 Å². The van der Waals surface area contributed by atoms with Gasteiger partial charge in [0.05, 0.1) is 5.71 Å². The van der Waals surface area contributed by atoms with E-state index < -0.39 is 5.66 Å². The van der Waals surface area contributed by atoms with Gasteiger partial charge in [-0.05, 0) is 17.7 Å². The van der Waals surface area contributed by atoms with Gasteiger partial charge in [0.1, 0.15) is 5.69 Å². The fourth-order valence-corrected chi connectivity index (χ4v) is 2.55. The summed E-state index contributed by atoms with van der Waals surface area (Å²) in [5, 5.41) is 11.3. The SMILES string of the molecule is O=C1NC(c2ccccn2)=NN[C@]12CC(c1ccccc1)=NN2. The Bertz CT molecular complexity index is 802. The second kappa shape index (κ2) is 5.20. The Balaban J connectivity index is 1.56. The minimum Gasteiger partial charge on any atom is -0.304 e. The molecule has 23 heavy (non-hydrogen) atoms.